The summed E-state index contributed by atoms with van der Waals surface area (Å²) in [6.45, 7) is 1.33. The van der Waals surface area contributed by atoms with Gasteiger partial charge in [-0.25, -0.2) is 0 Å². The molecule has 0 aliphatic carbocycles. The molecule has 106 valence electrons. The fraction of sp³-hybridized carbons (Fsp3) is 0.571. The quantitative estimate of drug-likeness (QED) is 0.829. The molecule has 0 aromatic heterocycles. The number of nitrogen functional groups attached to an aromatic ring is 1. The molecule has 1 aliphatic heterocycles. The summed E-state index contributed by atoms with van der Waals surface area (Å²) in [5.41, 5.74) is 6.47. The van der Waals surface area contributed by atoms with Gasteiger partial charge in [-0.15, -0.1) is 0 Å². The van der Waals surface area contributed by atoms with Crippen molar-refractivity contribution in [3.63, 3.8) is 0 Å². The largest absolute Gasteiger partial charge is 0.493 e. The minimum Gasteiger partial charge on any atom is -0.493 e. The molecule has 1 heterocycles. The summed E-state index contributed by atoms with van der Waals surface area (Å²) < 4.78 is 21.8. The van der Waals surface area contributed by atoms with E-state index in [9.17, 15) is 0 Å². The number of hydrogen-bond donors (Lipinski definition) is 1. The molecule has 1 saturated heterocycles. The Morgan fingerprint density at radius 2 is 1.89 bits per heavy atom. The van der Waals surface area contributed by atoms with Gasteiger partial charge in [-0.1, -0.05) is 0 Å². The molecule has 1 aromatic rings. The van der Waals surface area contributed by atoms with Crippen molar-refractivity contribution in [2.45, 2.75) is 25.4 Å². The molecule has 1 aliphatic rings. The Bertz CT molecular complexity index is 416. The fourth-order valence-corrected chi connectivity index (χ4v) is 2.12. The highest BCUT2D eigenvalue weighted by Gasteiger charge is 2.16. The highest BCUT2D eigenvalue weighted by atomic mass is 16.5. The van der Waals surface area contributed by atoms with Crippen LogP contribution < -0.4 is 19.9 Å². The Kier molecular flexibility index (Phi) is 4.74. The number of ether oxygens (including phenoxy) is 4. The minimum absolute atomic E-state index is 0.154. The maximum atomic E-state index is 5.93. The first-order chi connectivity index (χ1) is 9.24. The number of hydrogen-bond acceptors (Lipinski definition) is 5. The second kappa shape index (κ2) is 6.52. The third-order valence-electron chi connectivity index (χ3n) is 3.21. The van der Waals surface area contributed by atoms with Gasteiger partial charge < -0.3 is 24.7 Å². The van der Waals surface area contributed by atoms with E-state index in [4.69, 9.17) is 24.7 Å². The van der Waals surface area contributed by atoms with Crippen molar-refractivity contribution in [2.75, 3.05) is 33.2 Å². The van der Waals surface area contributed by atoms with Crippen LogP contribution in [0.4, 0.5) is 5.69 Å². The first-order valence-corrected chi connectivity index (χ1v) is 6.50. The van der Waals surface area contributed by atoms with Crippen LogP contribution >= 0.6 is 0 Å². The smallest absolute Gasteiger partial charge is 0.164 e. The zero-order valence-electron chi connectivity index (χ0n) is 11.5. The Balaban J connectivity index is 2.02. The molecule has 0 bridgehead atoms. The van der Waals surface area contributed by atoms with E-state index in [1.165, 1.54) is 6.42 Å². The first-order valence-electron chi connectivity index (χ1n) is 6.50. The van der Waals surface area contributed by atoms with E-state index in [2.05, 4.69) is 0 Å². The summed E-state index contributed by atoms with van der Waals surface area (Å²) in [4.78, 5) is 0. The lowest BCUT2D eigenvalue weighted by Gasteiger charge is -2.23. The van der Waals surface area contributed by atoms with Crippen LogP contribution in [0.15, 0.2) is 12.1 Å². The molecule has 5 heteroatoms. The van der Waals surface area contributed by atoms with Gasteiger partial charge in [0.05, 0.1) is 26.0 Å². The van der Waals surface area contributed by atoms with Crippen LogP contribution in [0.5, 0.6) is 17.2 Å². The molecule has 1 aromatic carbocycles. The van der Waals surface area contributed by atoms with Crippen LogP contribution in [0.25, 0.3) is 0 Å². The highest BCUT2D eigenvalue weighted by molar-refractivity contribution is 5.61. The Hall–Kier alpha value is -1.62. The van der Waals surface area contributed by atoms with Crippen molar-refractivity contribution in [2.24, 2.45) is 0 Å². The lowest BCUT2D eigenvalue weighted by Crippen LogP contribution is -2.26. The zero-order chi connectivity index (χ0) is 13.7. The molecule has 5 nitrogen and oxygen atoms in total. The van der Waals surface area contributed by atoms with Gasteiger partial charge in [0.2, 0.25) is 0 Å². The minimum atomic E-state index is 0.154. The number of benzene rings is 1. The van der Waals surface area contributed by atoms with Gasteiger partial charge in [0.15, 0.2) is 11.5 Å². The molecule has 2 rings (SSSR count). The van der Waals surface area contributed by atoms with Gasteiger partial charge in [0.1, 0.15) is 12.4 Å². The summed E-state index contributed by atoms with van der Waals surface area (Å²) in [5, 5.41) is 0. The van der Waals surface area contributed by atoms with E-state index in [1.54, 1.807) is 26.4 Å². The summed E-state index contributed by atoms with van der Waals surface area (Å²) in [6, 6.07) is 3.45. The average Bonchev–Trinajstić information content (AvgIpc) is 2.46. The van der Waals surface area contributed by atoms with Crippen molar-refractivity contribution < 1.29 is 18.9 Å². The van der Waals surface area contributed by atoms with Crippen molar-refractivity contribution in [1.82, 2.24) is 0 Å². The molecule has 0 saturated carbocycles. The van der Waals surface area contributed by atoms with E-state index in [0.29, 0.717) is 29.5 Å². The van der Waals surface area contributed by atoms with Gasteiger partial charge in [-0.05, 0) is 19.3 Å². The maximum Gasteiger partial charge on any atom is 0.164 e. The van der Waals surface area contributed by atoms with Gasteiger partial charge >= 0.3 is 0 Å². The summed E-state index contributed by atoms with van der Waals surface area (Å²) in [6.07, 6.45) is 3.51. The normalized spacial score (nSPS) is 18.9. The molecule has 2 N–H and O–H groups in total. The predicted molar refractivity (Wildman–Crippen MR) is 73.0 cm³/mol. The van der Waals surface area contributed by atoms with Crippen LogP contribution in [-0.2, 0) is 4.74 Å². The lowest BCUT2D eigenvalue weighted by atomic mass is 10.1. The first kappa shape index (κ1) is 13.8. The van der Waals surface area contributed by atoms with Crippen molar-refractivity contribution in [1.29, 1.82) is 0 Å². The molecular weight excluding hydrogens is 246 g/mol. The van der Waals surface area contributed by atoms with Crippen LogP contribution in [0, 0.1) is 0 Å². The Labute approximate surface area is 113 Å². The average molecular weight is 267 g/mol. The van der Waals surface area contributed by atoms with E-state index in [1.807, 2.05) is 0 Å². The molecule has 1 unspecified atom stereocenters. The third kappa shape index (κ3) is 3.44. The summed E-state index contributed by atoms with van der Waals surface area (Å²) in [7, 11) is 3.16. The Morgan fingerprint density at radius 1 is 1.16 bits per heavy atom. The van der Waals surface area contributed by atoms with Crippen LogP contribution in [0.3, 0.4) is 0 Å². The predicted octanol–water partition coefficient (Wildman–Crippen LogP) is 2.23. The van der Waals surface area contributed by atoms with E-state index in [-0.39, 0.29) is 6.10 Å². The topological polar surface area (TPSA) is 62.9 Å². The second-order valence-corrected chi connectivity index (χ2v) is 4.54. The van der Waals surface area contributed by atoms with Crippen LogP contribution in [0.1, 0.15) is 19.3 Å². The van der Waals surface area contributed by atoms with E-state index < -0.39 is 0 Å². The fourth-order valence-electron chi connectivity index (χ4n) is 2.12. The van der Waals surface area contributed by atoms with E-state index >= 15 is 0 Å². The van der Waals surface area contributed by atoms with Gasteiger partial charge in [-0.3, -0.25) is 0 Å². The Morgan fingerprint density at radius 3 is 2.53 bits per heavy atom. The van der Waals surface area contributed by atoms with Gasteiger partial charge in [0, 0.05) is 18.7 Å². The number of nitrogens with two attached hydrogens (primary N) is 1. The molecular formula is C14H21NO4. The van der Waals surface area contributed by atoms with Crippen molar-refractivity contribution >= 4 is 5.69 Å². The molecule has 0 spiro atoms. The third-order valence-corrected chi connectivity index (χ3v) is 3.21. The van der Waals surface area contributed by atoms with Crippen molar-refractivity contribution in [3.05, 3.63) is 12.1 Å². The standard InChI is InChI=1S/C14H21NO4/c1-16-13-7-11(15)12(8-14(13)17-2)19-9-10-5-3-4-6-18-10/h7-8,10H,3-6,9,15H2,1-2H3. The zero-order valence-corrected chi connectivity index (χ0v) is 11.5. The van der Waals surface area contributed by atoms with E-state index in [0.717, 1.165) is 19.4 Å². The molecule has 1 fully saturated rings. The van der Waals surface area contributed by atoms with Gasteiger partial charge in [0.25, 0.3) is 0 Å². The summed E-state index contributed by atoms with van der Waals surface area (Å²) >= 11 is 0. The monoisotopic (exact) mass is 267 g/mol. The van der Waals surface area contributed by atoms with Crippen molar-refractivity contribution in [3.8, 4) is 17.2 Å². The summed E-state index contributed by atoms with van der Waals surface area (Å²) in [5.74, 6) is 1.81. The number of anilines is 1. The van der Waals surface area contributed by atoms with Crippen LogP contribution in [-0.4, -0.2) is 33.5 Å². The molecule has 0 amide bonds. The second-order valence-electron chi connectivity index (χ2n) is 4.54. The maximum absolute atomic E-state index is 5.93. The van der Waals surface area contributed by atoms with Gasteiger partial charge in [-0.2, -0.15) is 0 Å². The molecule has 0 radical (unpaired) electrons. The number of rotatable bonds is 5. The lowest BCUT2D eigenvalue weighted by molar-refractivity contribution is -0.0109. The highest BCUT2D eigenvalue weighted by Crippen LogP contribution is 2.36. The SMILES string of the molecule is COc1cc(N)c(OCC2CCCCO2)cc1OC. The molecule has 19 heavy (non-hydrogen) atoms. The molecule has 1 atom stereocenters. The number of methoxy groups -OCH3 is 2. The van der Waals surface area contributed by atoms with Crippen LogP contribution in [0.2, 0.25) is 0 Å².